The first-order valence-corrected chi connectivity index (χ1v) is 9.06. The summed E-state index contributed by atoms with van der Waals surface area (Å²) in [5.74, 6) is 0.293. The molecule has 4 rings (SSSR count). The zero-order valence-corrected chi connectivity index (χ0v) is 16.4. The molecule has 2 N–H and O–H groups in total. The van der Waals surface area contributed by atoms with E-state index >= 15 is 0 Å². The molecule has 8 heteroatoms. The number of aromatic amines is 1. The van der Waals surface area contributed by atoms with Gasteiger partial charge in [-0.05, 0) is 19.1 Å². The predicted molar refractivity (Wildman–Crippen MR) is 109 cm³/mol. The van der Waals surface area contributed by atoms with Crippen LogP contribution in [-0.2, 0) is 9.47 Å². The molecule has 144 valence electrons. The molecular formula is C20H19ClN4O3. The van der Waals surface area contributed by atoms with E-state index in [1.165, 1.54) is 0 Å². The zero-order chi connectivity index (χ0) is 19.9. The summed E-state index contributed by atoms with van der Waals surface area (Å²) < 4.78 is 10.8. The van der Waals surface area contributed by atoms with Crippen molar-refractivity contribution in [2.24, 2.45) is 4.99 Å². The predicted octanol–water partition coefficient (Wildman–Crippen LogP) is 3.95. The summed E-state index contributed by atoms with van der Waals surface area (Å²) in [6.07, 6.45) is 3.28. The third-order valence-corrected chi connectivity index (χ3v) is 5.10. The van der Waals surface area contributed by atoms with Gasteiger partial charge in [-0.3, -0.25) is 4.79 Å². The van der Waals surface area contributed by atoms with Crippen molar-refractivity contribution in [1.29, 1.82) is 0 Å². The van der Waals surface area contributed by atoms with E-state index in [9.17, 15) is 4.79 Å². The van der Waals surface area contributed by atoms with Gasteiger partial charge in [-0.25, -0.2) is 9.98 Å². The number of halogens is 1. The fourth-order valence-corrected chi connectivity index (χ4v) is 3.71. The second-order valence-electron chi connectivity index (χ2n) is 6.76. The highest BCUT2D eigenvalue weighted by Gasteiger charge is 2.38. The minimum atomic E-state index is -0.688. The molecule has 7 nitrogen and oxygen atoms in total. The number of aliphatic imine (C=N–C) groups is 1. The van der Waals surface area contributed by atoms with Crippen LogP contribution in [0.2, 0.25) is 5.02 Å². The van der Waals surface area contributed by atoms with Crippen LogP contribution in [-0.4, -0.2) is 48.0 Å². The summed E-state index contributed by atoms with van der Waals surface area (Å²) in [5, 5.41) is 4.50. The van der Waals surface area contributed by atoms with Crippen LogP contribution in [0.4, 0.5) is 11.4 Å². The molecule has 3 aromatic rings. The van der Waals surface area contributed by atoms with E-state index in [0.717, 1.165) is 0 Å². The van der Waals surface area contributed by atoms with Crippen molar-refractivity contribution in [1.82, 2.24) is 9.97 Å². The molecule has 0 saturated carbocycles. The summed E-state index contributed by atoms with van der Waals surface area (Å²) in [6, 6.07) is 6.97. The monoisotopic (exact) mass is 398 g/mol. The van der Waals surface area contributed by atoms with Gasteiger partial charge < -0.3 is 19.8 Å². The summed E-state index contributed by atoms with van der Waals surface area (Å²) in [5.41, 5.74) is 2.08. The van der Waals surface area contributed by atoms with E-state index in [-0.39, 0.29) is 5.78 Å². The minimum Gasteiger partial charge on any atom is -0.482 e. The molecule has 3 heterocycles. The van der Waals surface area contributed by atoms with Crippen LogP contribution >= 0.6 is 11.6 Å². The van der Waals surface area contributed by atoms with Crippen LogP contribution in [0, 0.1) is 0 Å². The number of H-pyrrole nitrogens is 1. The highest BCUT2D eigenvalue weighted by Crippen LogP contribution is 2.40. The normalized spacial score (nSPS) is 18.4. The van der Waals surface area contributed by atoms with Gasteiger partial charge in [0.05, 0.1) is 41.6 Å². The fourth-order valence-electron chi connectivity index (χ4n) is 3.49. The molecule has 1 unspecified atom stereocenters. The molecule has 0 radical (unpaired) electrons. The minimum absolute atomic E-state index is 0.191. The van der Waals surface area contributed by atoms with Crippen LogP contribution in [0.3, 0.4) is 0 Å². The highest BCUT2D eigenvalue weighted by molar-refractivity contribution is 6.35. The average Bonchev–Trinajstić information content (AvgIpc) is 3.12. The van der Waals surface area contributed by atoms with Crippen LogP contribution in [0.1, 0.15) is 22.8 Å². The Morgan fingerprint density at radius 3 is 2.75 bits per heavy atom. The van der Waals surface area contributed by atoms with Gasteiger partial charge in [0.1, 0.15) is 16.9 Å². The highest BCUT2D eigenvalue weighted by atomic mass is 35.5. The van der Waals surface area contributed by atoms with Crippen molar-refractivity contribution in [3.8, 4) is 0 Å². The van der Waals surface area contributed by atoms with E-state index in [2.05, 4.69) is 20.3 Å². The number of pyridine rings is 1. The number of nitrogens with one attached hydrogen (secondary N) is 2. The van der Waals surface area contributed by atoms with Gasteiger partial charge in [0.2, 0.25) is 5.90 Å². The molecule has 2 aromatic heterocycles. The lowest BCUT2D eigenvalue weighted by Gasteiger charge is -2.35. The van der Waals surface area contributed by atoms with Gasteiger partial charge >= 0.3 is 0 Å². The number of carbonyl (C=O) groups is 1. The topological polar surface area (TPSA) is 88.6 Å². The Bertz CT molecular complexity index is 1110. The van der Waals surface area contributed by atoms with Gasteiger partial charge in [0.15, 0.2) is 5.78 Å². The number of aromatic nitrogens is 2. The lowest BCUT2D eigenvalue weighted by Crippen LogP contribution is -2.49. The Morgan fingerprint density at radius 1 is 1.25 bits per heavy atom. The first-order valence-electron chi connectivity index (χ1n) is 8.68. The standard InChI is InChI=1S/C20H19ClN4O3/c1-20(10-27-2)19(28-3)24-14-9-23-18-15(16(14)25-20)12(8-22-18)17(26)11-6-4-5-7-13(11)21/h4-9,25H,10H2,1-3H3,(H,22,23). The maximum Gasteiger partial charge on any atom is 0.216 e. The van der Waals surface area contributed by atoms with Crippen molar-refractivity contribution in [2.75, 3.05) is 26.1 Å². The lowest BCUT2D eigenvalue weighted by molar-refractivity contribution is 0.104. The van der Waals surface area contributed by atoms with E-state index in [1.807, 2.05) is 6.92 Å². The van der Waals surface area contributed by atoms with Crippen molar-refractivity contribution in [3.63, 3.8) is 0 Å². The Hall–Kier alpha value is -2.90. The molecule has 1 atom stereocenters. The smallest absolute Gasteiger partial charge is 0.216 e. The van der Waals surface area contributed by atoms with Crippen molar-refractivity contribution in [3.05, 3.63) is 52.8 Å². The Balaban J connectivity index is 1.91. The number of hydrogen-bond acceptors (Lipinski definition) is 6. The number of methoxy groups -OCH3 is 2. The summed E-state index contributed by atoms with van der Waals surface area (Å²) in [4.78, 5) is 25.3. The quantitative estimate of drug-likeness (QED) is 0.649. The Kier molecular flexibility index (Phi) is 4.56. The largest absolute Gasteiger partial charge is 0.482 e. The Labute approximate surface area is 166 Å². The number of ether oxygens (including phenoxy) is 2. The number of nitrogens with zero attached hydrogens (tertiary/aromatic N) is 2. The molecular weight excluding hydrogens is 380 g/mol. The number of rotatable bonds is 4. The van der Waals surface area contributed by atoms with Gasteiger partial charge in [-0.2, -0.15) is 0 Å². The van der Waals surface area contributed by atoms with E-state index < -0.39 is 5.54 Å². The van der Waals surface area contributed by atoms with E-state index in [0.29, 0.717) is 51.1 Å². The van der Waals surface area contributed by atoms with Gasteiger partial charge in [-0.1, -0.05) is 23.7 Å². The maximum atomic E-state index is 13.2. The van der Waals surface area contributed by atoms with Crippen molar-refractivity contribution < 1.29 is 14.3 Å². The number of hydrogen-bond donors (Lipinski definition) is 2. The van der Waals surface area contributed by atoms with Gasteiger partial charge in [0, 0.05) is 18.9 Å². The second-order valence-corrected chi connectivity index (χ2v) is 7.17. The van der Waals surface area contributed by atoms with Crippen LogP contribution < -0.4 is 5.32 Å². The number of ketones is 1. The van der Waals surface area contributed by atoms with Crippen molar-refractivity contribution >= 4 is 45.7 Å². The first kappa shape index (κ1) is 18.5. The number of carbonyl (C=O) groups excluding carboxylic acids is 1. The zero-order valence-electron chi connectivity index (χ0n) is 15.7. The number of fused-ring (bicyclic) bond motifs is 3. The molecule has 1 aliphatic rings. The molecule has 0 saturated heterocycles. The van der Waals surface area contributed by atoms with Gasteiger partial charge in [-0.15, -0.1) is 0 Å². The average molecular weight is 399 g/mol. The number of anilines is 1. The van der Waals surface area contributed by atoms with Crippen molar-refractivity contribution in [2.45, 2.75) is 12.5 Å². The molecule has 0 aliphatic carbocycles. The van der Waals surface area contributed by atoms with Gasteiger partial charge in [0.25, 0.3) is 0 Å². The third-order valence-electron chi connectivity index (χ3n) is 4.77. The Morgan fingerprint density at radius 2 is 2.04 bits per heavy atom. The third kappa shape index (κ3) is 2.83. The van der Waals surface area contributed by atoms with Crippen LogP contribution in [0.5, 0.6) is 0 Å². The molecule has 28 heavy (non-hydrogen) atoms. The maximum absolute atomic E-state index is 13.2. The lowest BCUT2D eigenvalue weighted by atomic mass is 9.97. The SMILES string of the molecule is COCC1(C)Nc2c(cnc3[nH]cc(C(=O)c4ccccc4Cl)c23)N=C1OC. The van der Waals surface area contributed by atoms with Crippen LogP contribution in [0.15, 0.2) is 41.7 Å². The summed E-state index contributed by atoms with van der Waals surface area (Å²) >= 11 is 6.24. The van der Waals surface area contributed by atoms with E-state index in [4.69, 9.17) is 21.1 Å². The molecule has 1 aromatic carbocycles. The molecule has 0 amide bonds. The molecule has 0 bridgehead atoms. The molecule has 1 aliphatic heterocycles. The second kappa shape index (κ2) is 6.92. The fraction of sp³-hybridized carbons (Fsp3) is 0.250. The molecule has 0 spiro atoms. The number of benzene rings is 1. The molecule has 0 fully saturated rings. The summed E-state index contributed by atoms with van der Waals surface area (Å²) in [6.45, 7) is 2.26. The first-order chi connectivity index (χ1) is 13.5. The van der Waals surface area contributed by atoms with Crippen LogP contribution in [0.25, 0.3) is 11.0 Å². The summed E-state index contributed by atoms with van der Waals surface area (Å²) in [7, 11) is 3.18. The van der Waals surface area contributed by atoms with E-state index in [1.54, 1.807) is 50.9 Å².